The molecule has 58 heavy (non-hydrogen) atoms. The Morgan fingerprint density at radius 2 is 1.59 bits per heavy atom. The molecule has 0 aliphatic heterocycles. The Hall–Kier alpha value is -2.26. The van der Waals surface area contributed by atoms with E-state index in [-0.39, 0.29) is 51.8 Å². The third-order valence-corrected chi connectivity index (χ3v) is 17.6. The number of carbonyl (C=O) groups excluding carboxylic acids is 2. The molecule has 6 rings (SSSR count). The number of allylic oxidation sites excluding steroid dienone is 1. The molecule has 4 saturated carbocycles. The van der Waals surface area contributed by atoms with Gasteiger partial charge in [-0.3, -0.25) is 19.3 Å². The van der Waals surface area contributed by atoms with E-state index >= 15 is 0 Å². The average molecular weight is 825 g/mol. The first-order valence-electron chi connectivity index (χ1n) is 22.4. The zero-order valence-electron chi connectivity index (χ0n) is 38.0. The molecule has 8 nitrogen and oxygen atoms in total. The fraction of sp³-hybridized carbons (Fsp3) is 0.776. The number of hydrogen-bond acceptors (Lipinski definition) is 6. The summed E-state index contributed by atoms with van der Waals surface area (Å²) in [5, 5.41) is 23.1. The van der Waals surface area contributed by atoms with Crippen LogP contribution in [0, 0.1) is 56.2 Å². The van der Waals surface area contributed by atoms with Gasteiger partial charge < -0.3 is 19.4 Å². The summed E-state index contributed by atoms with van der Waals surface area (Å²) < 4.78 is 7.03. The minimum absolute atomic E-state index is 0.0320. The Balaban J connectivity index is 1.29. The zero-order chi connectivity index (χ0) is 43.0. The molecule has 0 spiro atoms. The molecule has 0 saturated heterocycles. The van der Waals surface area contributed by atoms with Crippen LogP contribution in [0.25, 0.3) is 0 Å². The van der Waals surface area contributed by atoms with Crippen LogP contribution in [-0.2, 0) is 25.7 Å². The number of aliphatic hydroxyl groups excluding tert-OH is 1. The molecule has 1 aromatic carbocycles. The maximum absolute atomic E-state index is 14.4. The van der Waals surface area contributed by atoms with Crippen LogP contribution in [0.3, 0.4) is 0 Å². The van der Waals surface area contributed by atoms with Gasteiger partial charge in [-0.15, -0.1) is 0 Å². The number of rotatable bonds is 13. The van der Waals surface area contributed by atoms with E-state index < -0.39 is 28.9 Å². The maximum atomic E-state index is 14.4. The van der Waals surface area contributed by atoms with Crippen molar-refractivity contribution in [3.8, 4) is 0 Å². The number of aliphatic carboxylic acids is 1. The molecule has 0 aromatic heterocycles. The first-order chi connectivity index (χ1) is 26.7. The highest BCUT2D eigenvalue weighted by Gasteiger charge is 2.71. The summed E-state index contributed by atoms with van der Waals surface area (Å²) >= 11 is 6.26. The van der Waals surface area contributed by atoms with Gasteiger partial charge >= 0.3 is 11.9 Å². The van der Waals surface area contributed by atoms with Gasteiger partial charge in [0, 0.05) is 41.9 Å². The molecule has 1 unspecified atom stereocenters. The molecule has 9 atom stereocenters. The SMILES string of the molecule is CC(C)C1=C2[C@H]3CC[C@@H]4[C@@]5(C)CC[C@H](OC(=O)CC(C)(C)C(=O)O)C(C)(C)[C@@H]5CC[C@@]4(C)[C@]3(C)CCC2([C@@H](O)CN(CC[N+](C)(C)C)Cc2ccc(Cl)cc2)CC1=O. The van der Waals surface area contributed by atoms with Gasteiger partial charge in [-0.25, -0.2) is 0 Å². The van der Waals surface area contributed by atoms with E-state index in [4.69, 9.17) is 16.3 Å². The Bertz CT molecular complexity index is 1780. The number of benzene rings is 1. The summed E-state index contributed by atoms with van der Waals surface area (Å²) in [5.41, 5.74) is 1.55. The lowest BCUT2D eigenvalue weighted by atomic mass is 9.33. The molecule has 2 N–H and O–H groups in total. The van der Waals surface area contributed by atoms with Crippen molar-refractivity contribution in [2.45, 2.75) is 145 Å². The summed E-state index contributed by atoms with van der Waals surface area (Å²) in [6.45, 7) is 22.7. The van der Waals surface area contributed by atoms with Gasteiger partial charge in [-0.1, -0.05) is 77.8 Å². The molecule has 1 aromatic rings. The van der Waals surface area contributed by atoms with E-state index in [9.17, 15) is 24.6 Å². The Labute approximate surface area is 355 Å². The Kier molecular flexibility index (Phi) is 12.2. The summed E-state index contributed by atoms with van der Waals surface area (Å²) in [6.07, 6.45) is 7.14. The monoisotopic (exact) mass is 824 g/mol. The third kappa shape index (κ3) is 7.77. The van der Waals surface area contributed by atoms with Crippen LogP contribution in [0.1, 0.15) is 132 Å². The number of Topliss-reactive ketones (excluding diaryl/α,β-unsaturated/α-hetero) is 1. The second-order valence-corrected chi connectivity index (χ2v) is 23.4. The number of esters is 1. The van der Waals surface area contributed by atoms with Crippen molar-refractivity contribution in [2.24, 2.45) is 56.2 Å². The largest absolute Gasteiger partial charge is 0.481 e. The highest BCUT2D eigenvalue weighted by atomic mass is 35.5. The first kappa shape index (κ1) is 45.3. The lowest BCUT2D eigenvalue weighted by molar-refractivity contribution is -0.869. The van der Waals surface area contributed by atoms with Gasteiger partial charge in [0.1, 0.15) is 6.10 Å². The molecule has 5 aliphatic rings. The maximum Gasteiger partial charge on any atom is 0.309 e. The second kappa shape index (κ2) is 15.6. The van der Waals surface area contributed by atoms with E-state index in [1.165, 1.54) is 11.1 Å². The van der Waals surface area contributed by atoms with Crippen molar-refractivity contribution >= 4 is 29.3 Å². The van der Waals surface area contributed by atoms with E-state index in [1.54, 1.807) is 13.8 Å². The van der Waals surface area contributed by atoms with Gasteiger partial charge in [-0.2, -0.15) is 0 Å². The van der Waals surface area contributed by atoms with Crippen molar-refractivity contribution in [3.63, 3.8) is 0 Å². The van der Waals surface area contributed by atoms with Crippen LogP contribution in [0.15, 0.2) is 35.4 Å². The van der Waals surface area contributed by atoms with Crippen LogP contribution >= 0.6 is 11.6 Å². The van der Waals surface area contributed by atoms with Crippen molar-refractivity contribution in [1.29, 1.82) is 0 Å². The number of ether oxygens (including phenoxy) is 1. The predicted octanol–water partition coefficient (Wildman–Crippen LogP) is 9.60. The Morgan fingerprint density at radius 3 is 2.19 bits per heavy atom. The van der Waals surface area contributed by atoms with Gasteiger partial charge in [0.2, 0.25) is 0 Å². The third-order valence-electron chi connectivity index (χ3n) is 17.3. The fourth-order valence-corrected chi connectivity index (χ4v) is 14.0. The van der Waals surface area contributed by atoms with E-state index in [0.29, 0.717) is 36.4 Å². The van der Waals surface area contributed by atoms with E-state index in [1.807, 2.05) is 12.1 Å². The number of halogens is 1. The molecule has 4 fully saturated rings. The minimum atomic E-state index is -1.17. The molecule has 0 radical (unpaired) electrons. The number of carboxylic acids is 1. The zero-order valence-corrected chi connectivity index (χ0v) is 38.7. The minimum Gasteiger partial charge on any atom is -0.481 e. The fourth-order valence-electron chi connectivity index (χ4n) is 13.9. The number of nitrogens with zero attached hydrogens (tertiary/aromatic N) is 2. The number of carbonyl (C=O) groups is 3. The molecule has 5 aliphatic carbocycles. The van der Waals surface area contributed by atoms with Crippen LogP contribution < -0.4 is 0 Å². The van der Waals surface area contributed by atoms with Gasteiger partial charge in [0.15, 0.2) is 5.78 Å². The number of aliphatic hydroxyl groups is 1. The van der Waals surface area contributed by atoms with Gasteiger partial charge in [-0.05, 0) is 128 Å². The quantitative estimate of drug-likeness (QED) is 0.151. The number of fused-ring (bicyclic) bond motifs is 7. The van der Waals surface area contributed by atoms with E-state index in [0.717, 1.165) is 74.5 Å². The summed E-state index contributed by atoms with van der Waals surface area (Å²) in [5.74, 6) is 0.00462. The van der Waals surface area contributed by atoms with Crippen LogP contribution in [0.5, 0.6) is 0 Å². The Morgan fingerprint density at radius 1 is 0.931 bits per heavy atom. The van der Waals surface area contributed by atoms with Crippen LogP contribution in [-0.4, -0.2) is 90.3 Å². The van der Waals surface area contributed by atoms with Gasteiger partial charge in [0.25, 0.3) is 0 Å². The average Bonchev–Trinajstić information content (AvgIpc) is 3.42. The molecule has 0 heterocycles. The van der Waals surface area contributed by atoms with Gasteiger partial charge in [0.05, 0.1) is 45.6 Å². The number of carboxylic acid groups (broad SMARTS) is 1. The molecule has 9 heteroatoms. The molecule has 0 amide bonds. The lowest BCUT2D eigenvalue weighted by Crippen LogP contribution is -2.66. The number of ketones is 1. The van der Waals surface area contributed by atoms with Crippen LogP contribution in [0.2, 0.25) is 5.02 Å². The van der Waals surface area contributed by atoms with Crippen molar-refractivity contribution in [1.82, 2.24) is 4.90 Å². The highest BCUT2D eigenvalue weighted by Crippen LogP contribution is 2.77. The summed E-state index contributed by atoms with van der Waals surface area (Å²) in [6, 6.07) is 8.04. The standard InChI is InChI=1S/C49H75ClN2O6/c1-31(2)41-35(53)27-49(38(54)30-51(25-26-52(10,11)12)29-32-13-15-33(50)16-14-32)24-23-47(8)34(42(41)49)17-18-37-46(7)21-20-39(58-40(55)28-44(3,4)43(56)57)45(5,6)36(46)19-22-48(37,47)9/h13-16,31,34,36-39,54H,17-30H2,1-12H3/p+1/t34-,36+,37-,38+,39+,46+,47-,48-,49?/m1/s1. The van der Waals surface area contributed by atoms with Crippen molar-refractivity contribution in [2.75, 3.05) is 40.8 Å². The number of likely N-dealkylation sites (N-methyl/N-ethyl adjacent to an activating group) is 1. The molecule has 324 valence electrons. The van der Waals surface area contributed by atoms with Crippen molar-refractivity contribution in [3.05, 3.63) is 46.0 Å². The van der Waals surface area contributed by atoms with Crippen molar-refractivity contribution < 1.29 is 33.8 Å². The topological polar surface area (TPSA) is 104 Å². The molecular weight excluding hydrogens is 748 g/mol. The lowest BCUT2D eigenvalue weighted by Gasteiger charge is -2.72. The second-order valence-electron chi connectivity index (χ2n) is 22.9. The number of quaternary nitrogens is 1. The smallest absolute Gasteiger partial charge is 0.309 e. The normalized spacial score (nSPS) is 35.3. The summed E-state index contributed by atoms with van der Waals surface area (Å²) in [7, 11) is 6.63. The molecule has 0 bridgehead atoms. The van der Waals surface area contributed by atoms with Crippen LogP contribution in [0.4, 0.5) is 0 Å². The summed E-state index contributed by atoms with van der Waals surface area (Å²) in [4.78, 5) is 41.7. The number of hydrogen-bond donors (Lipinski definition) is 2. The highest BCUT2D eigenvalue weighted by molar-refractivity contribution is 6.30. The predicted molar refractivity (Wildman–Crippen MR) is 231 cm³/mol. The van der Waals surface area contributed by atoms with E-state index in [2.05, 4.69) is 86.6 Å². The first-order valence-corrected chi connectivity index (χ1v) is 22.8. The molecular formula is C49H76ClN2O6+.